The number of urea groups is 1. The molecule has 1 atom stereocenters. The van der Waals surface area contributed by atoms with Crippen LogP contribution in [0.5, 0.6) is 0 Å². The van der Waals surface area contributed by atoms with Crippen molar-refractivity contribution in [3.63, 3.8) is 0 Å². The third kappa shape index (κ3) is 7.34. The van der Waals surface area contributed by atoms with Gasteiger partial charge in [0.05, 0.1) is 11.4 Å². The summed E-state index contributed by atoms with van der Waals surface area (Å²) in [7, 11) is 27.4. The zero-order valence-corrected chi connectivity index (χ0v) is 49.6. The Morgan fingerprint density at radius 1 is 0.507 bits per heavy atom. The second-order valence-corrected chi connectivity index (χ2v) is 29.9. The Morgan fingerprint density at radius 2 is 0.877 bits per heavy atom. The van der Waals surface area contributed by atoms with Crippen LogP contribution in [0.3, 0.4) is 0 Å². The number of benzene rings is 6. The topological polar surface area (TPSA) is 23.6 Å². The number of rotatable bonds is 8. The van der Waals surface area contributed by atoms with Crippen LogP contribution in [0.4, 0.5) is 27.5 Å². The summed E-state index contributed by atoms with van der Waals surface area (Å²) in [6, 6.07) is 28.7. The van der Waals surface area contributed by atoms with Crippen molar-refractivity contribution in [2.45, 2.75) is 127 Å². The molecule has 1 fully saturated rings. The molecule has 6 aromatic carbocycles. The van der Waals surface area contributed by atoms with Crippen molar-refractivity contribution in [3.05, 3.63) is 106 Å². The third-order valence-electron chi connectivity index (χ3n) is 19.9. The van der Waals surface area contributed by atoms with Crippen LogP contribution in [0.2, 0.25) is 5.31 Å². The molecule has 6 aromatic rings. The van der Waals surface area contributed by atoms with Crippen molar-refractivity contribution >= 4 is 201 Å². The number of carbonyl (C=O) groups excluding carboxylic acids is 1. The molecule has 0 saturated carbocycles. The van der Waals surface area contributed by atoms with E-state index in [9.17, 15) is 0 Å². The minimum absolute atomic E-state index is 0.0102. The molecule has 73 heavy (non-hydrogen) atoms. The van der Waals surface area contributed by atoms with Crippen LogP contribution in [-0.4, -0.2) is 113 Å². The van der Waals surface area contributed by atoms with Gasteiger partial charge in [-0.1, -0.05) is 243 Å². The van der Waals surface area contributed by atoms with Crippen LogP contribution < -0.4 is 64.4 Å². The molecule has 0 bridgehead atoms. The molecule has 3 nitrogen and oxygen atoms in total. The fraction of sp³-hybridized carbons (Fsp3) is 0.375. The van der Waals surface area contributed by atoms with Gasteiger partial charge in [0.15, 0.2) is 0 Å². The van der Waals surface area contributed by atoms with E-state index in [4.69, 9.17) is 0 Å². The minimum Gasteiger partial charge on any atom is -0.263 e. The lowest BCUT2D eigenvalue weighted by Gasteiger charge is -2.50. The van der Waals surface area contributed by atoms with E-state index >= 15 is 4.79 Å². The van der Waals surface area contributed by atoms with E-state index < -0.39 is 0 Å². The summed E-state index contributed by atoms with van der Waals surface area (Å²) in [6.45, 7) is 30.8. The Bertz CT molecular complexity index is 3360. The summed E-state index contributed by atoms with van der Waals surface area (Å²) < 4.78 is 0. The average molecular weight is 943 g/mol. The van der Waals surface area contributed by atoms with Gasteiger partial charge in [0.1, 0.15) is 93.6 Å². The van der Waals surface area contributed by atoms with Crippen molar-refractivity contribution in [1.29, 1.82) is 0 Å². The molecule has 10 rings (SSSR count). The maximum atomic E-state index is 17.0. The fourth-order valence-electron chi connectivity index (χ4n) is 14.1. The van der Waals surface area contributed by atoms with Crippen molar-refractivity contribution in [2.75, 3.05) is 9.80 Å². The smallest absolute Gasteiger partial charge is 0.263 e. The first-order valence-corrected chi connectivity index (χ1v) is 27.7. The molecule has 356 valence electrons. The summed E-state index contributed by atoms with van der Waals surface area (Å²) in [5.74, 6) is 0. The van der Waals surface area contributed by atoms with Gasteiger partial charge in [0, 0.05) is 16.8 Å². The standard InChI is InChI=1S/C56H74B14N2O/c1-49(2,3)55(65,66)26-20-22-34-32(24-26)69(42-28(50(4,5)61)16-14-17-29(42)51(6,7)62)44-40(59)38(57)36-37-46(44)71(34)48(73)72-35-23-21-27(56(67)54(12,13)68-56)25-33(35)70(45(47(37)72)41(60)39(36)58)43-30(52(8,9)63)18-15-19-31(43)53(10,11)64/h14-25,68H,57-67H2,1-13H3. The quantitative estimate of drug-likeness (QED) is 0.141. The second-order valence-electron chi connectivity index (χ2n) is 29.9. The summed E-state index contributed by atoms with van der Waals surface area (Å²) in [5.41, 5.74) is 25.3. The largest absolute Gasteiger partial charge is 0.338 e. The third-order valence-corrected chi connectivity index (χ3v) is 19.9. The highest BCUT2D eigenvalue weighted by molar-refractivity contribution is 7.03. The van der Waals surface area contributed by atoms with E-state index in [1.54, 1.807) is 0 Å². The monoisotopic (exact) mass is 945 g/mol. The molecule has 17 heteroatoms. The highest BCUT2D eigenvalue weighted by Crippen LogP contribution is 2.60. The molecule has 0 N–H and O–H groups in total. The first-order valence-electron chi connectivity index (χ1n) is 27.7. The van der Waals surface area contributed by atoms with Crippen molar-refractivity contribution in [3.8, 4) is 0 Å². The van der Waals surface area contributed by atoms with Crippen LogP contribution in [0.15, 0.2) is 72.8 Å². The van der Waals surface area contributed by atoms with E-state index in [1.807, 2.05) is 0 Å². The Hall–Kier alpha value is -4.24. The van der Waals surface area contributed by atoms with Crippen molar-refractivity contribution in [2.24, 2.45) is 5.41 Å². The van der Waals surface area contributed by atoms with Gasteiger partial charge in [-0.15, -0.1) is 0 Å². The van der Waals surface area contributed by atoms with Gasteiger partial charge < -0.3 is 0 Å². The van der Waals surface area contributed by atoms with Crippen LogP contribution in [0, 0.1) is 5.41 Å². The van der Waals surface area contributed by atoms with Crippen molar-refractivity contribution < 1.29 is 4.79 Å². The van der Waals surface area contributed by atoms with E-state index in [0.717, 1.165) is 30.0 Å². The van der Waals surface area contributed by atoms with Crippen molar-refractivity contribution in [1.82, 2.24) is 0 Å². The van der Waals surface area contributed by atoms with Gasteiger partial charge >= 0.3 is 6.03 Å². The van der Waals surface area contributed by atoms with E-state index in [1.165, 1.54) is 98.8 Å². The Labute approximate surface area is 451 Å². The normalized spacial score (nSPS) is 18.2. The number of nitrogens with zero attached hydrogens (tertiary/aromatic N) is 2. The van der Waals surface area contributed by atoms with Gasteiger partial charge in [-0.3, -0.25) is 9.80 Å². The maximum Gasteiger partial charge on any atom is 0.338 e. The van der Waals surface area contributed by atoms with Gasteiger partial charge in [0.25, 0.3) is 0 Å². The van der Waals surface area contributed by atoms with E-state index in [-0.39, 0.29) is 61.9 Å². The van der Waals surface area contributed by atoms with Crippen LogP contribution in [0.1, 0.15) is 123 Å². The molecule has 4 aliphatic rings. The highest BCUT2D eigenvalue weighted by atomic mass is 16.2. The lowest BCUT2D eigenvalue weighted by Crippen LogP contribution is -2.71. The van der Waals surface area contributed by atoms with Gasteiger partial charge in [-0.05, 0) is 55.1 Å². The maximum absolute atomic E-state index is 17.0. The lowest BCUT2D eigenvalue weighted by atomic mass is 9.28. The van der Waals surface area contributed by atoms with Gasteiger partial charge in [-0.2, -0.15) is 0 Å². The molecule has 0 aromatic heterocycles. The van der Waals surface area contributed by atoms with Gasteiger partial charge in [0.2, 0.25) is 13.4 Å². The van der Waals surface area contributed by atoms with Gasteiger partial charge in [-0.25, -0.2) is 4.79 Å². The molecule has 4 aliphatic heterocycles. The minimum atomic E-state index is -0.166. The fourth-order valence-corrected chi connectivity index (χ4v) is 14.1. The molecule has 0 spiro atoms. The molecular formula is C56H74B14N2O. The number of carbonyl (C=O) groups is 1. The van der Waals surface area contributed by atoms with Crippen LogP contribution >= 0.6 is 0 Å². The number of anilines is 4. The Balaban J connectivity index is 1.45. The Morgan fingerprint density at radius 3 is 1.23 bits per heavy atom. The van der Waals surface area contributed by atoms with Crippen LogP contribution in [0.25, 0.3) is 10.8 Å². The summed E-state index contributed by atoms with van der Waals surface area (Å²) >= 11 is 0. The van der Waals surface area contributed by atoms with Crippen LogP contribution in [-0.2, 0) is 31.7 Å². The lowest BCUT2D eigenvalue weighted by molar-refractivity contribution is 0.255. The molecular weight excluding hydrogens is 868 g/mol. The summed E-state index contributed by atoms with van der Waals surface area (Å²) in [4.78, 5) is 21.4. The number of fused-ring (bicyclic) bond motifs is 4. The molecule has 1 saturated heterocycles. The zero-order valence-electron chi connectivity index (χ0n) is 49.6. The predicted octanol–water partition coefficient (Wildman–Crippen LogP) is -4.69. The predicted molar refractivity (Wildman–Crippen MR) is 357 cm³/mol. The molecule has 4 heterocycles. The Kier molecular flexibility index (Phi) is 11.4. The first kappa shape index (κ1) is 52.2. The number of amides is 2. The van der Waals surface area contributed by atoms with E-state index in [2.05, 4.69) is 259 Å². The molecule has 0 radical (unpaired) electrons. The summed E-state index contributed by atoms with van der Waals surface area (Å²) in [6.07, 6.45) is 0. The molecule has 2 amide bonds. The molecule has 1 unspecified atom stereocenters. The number of hydrogen-bond donors (Lipinski definition) is 0. The second kappa shape index (κ2) is 15.9. The highest BCUT2D eigenvalue weighted by Gasteiger charge is 2.60. The first-order chi connectivity index (χ1) is 33.4. The van der Waals surface area contributed by atoms with E-state index in [0.29, 0.717) is 0 Å². The summed E-state index contributed by atoms with van der Waals surface area (Å²) in [5, 5.41) is 1.96. The molecule has 0 aliphatic carbocycles. The number of hydrogen-bond acceptors (Lipinski definition) is 1. The SMILES string of the molecule is Bc1c2c3c4c5c(c(B)c(B)c4c1B)B(c1c(C(B)(C)C)cccc1C(B)(C)C)c1cc(C4(B)BC4(C)C)ccc1N5C(=O)N3c1ccc(C(B)(B)C(C)(C)C)cc1B2c1c(C(B)(C)C)cccc1C(B)(C)C. The zero-order chi connectivity index (χ0) is 53.8. The average Bonchev–Trinajstić information content (AvgIpc) is 3.81.